The first-order chi connectivity index (χ1) is 15.9. The molecular formula is C23H19N3O6S. The number of esters is 1. The Kier molecular flexibility index (Phi) is 6.27. The number of hydrazone groups is 1. The van der Waals surface area contributed by atoms with Crippen molar-refractivity contribution in [1.29, 1.82) is 0 Å². The van der Waals surface area contributed by atoms with E-state index in [-0.39, 0.29) is 23.8 Å². The molecule has 1 fully saturated rings. The zero-order valence-electron chi connectivity index (χ0n) is 17.7. The van der Waals surface area contributed by atoms with E-state index in [9.17, 15) is 19.2 Å². The second-order valence-corrected chi connectivity index (χ2v) is 8.34. The first-order valence-electron chi connectivity index (χ1n) is 9.92. The Morgan fingerprint density at radius 3 is 2.58 bits per heavy atom. The van der Waals surface area contributed by atoms with Gasteiger partial charge in [0.05, 0.1) is 30.5 Å². The van der Waals surface area contributed by atoms with E-state index in [2.05, 4.69) is 10.4 Å². The number of carbonyl (C=O) groups is 4. The molecule has 0 spiro atoms. The van der Waals surface area contributed by atoms with Crippen LogP contribution in [0.1, 0.15) is 18.9 Å². The predicted octanol–water partition coefficient (Wildman–Crippen LogP) is 3.15. The van der Waals surface area contributed by atoms with Crippen molar-refractivity contribution in [3.8, 4) is 11.5 Å². The van der Waals surface area contributed by atoms with Crippen molar-refractivity contribution in [2.24, 2.45) is 5.10 Å². The molecule has 2 aromatic rings. The molecule has 4 rings (SSSR count). The number of thioether (sulfide) groups is 1. The maximum atomic E-state index is 12.9. The number of hydrogen-bond donors (Lipinski definition) is 1. The van der Waals surface area contributed by atoms with Crippen LogP contribution in [0.3, 0.4) is 0 Å². The monoisotopic (exact) mass is 465 g/mol. The summed E-state index contributed by atoms with van der Waals surface area (Å²) >= 11 is 0.755. The summed E-state index contributed by atoms with van der Waals surface area (Å²) in [5.41, 5.74) is 2.32. The van der Waals surface area contributed by atoms with Crippen LogP contribution in [0.15, 0.2) is 59.2 Å². The summed E-state index contributed by atoms with van der Waals surface area (Å²) in [5.74, 6) is -1.01. The van der Waals surface area contributed by atoms with Crippen molar-refractivity contribution in [3.05, 3.63) is 59.7 Å². The van der Waals surface area contributed by atoms with E-state index in [1.807, 2.05) is 18.2 Å². The second-order valence-electron chi connectivity index (χ2n) is 7.17. The van der Waals surface area contributed by atoms with Crippen LogP contribution in [0.25, 0.3) is 6.08 Å². The summed E-state index contributed by atoms with van der Waals surface area (Å²) in [6.07, 6.45) is 1.43. The standard InChI is InChI=1S/C23H19N3O6S/c1-13-16(22(29)26(25-13)15-6-4-3-5-7-15)10-14-8-9-17(18(11-14)31-2)32-20(27)12-19-21(28)24-23(30)33-19/h3-11,19H,12H2,1-2H3,(H,24,28,30). The van der Waals surface area contributed by atoms with Gasteiger partial charge in [-0.15, -0.1) is 0 Å². The fourth-order valence-electron chi connectivity index (χ4n) is 3.30. The molecule has 0 aromatic heterocycles. The maximum absolute atomic E-state index is 12.9. The van der Waals surface area contributed by atoms with E-state index in [0.717, 1.165) is 11.8 Å². The van der Waals surface area contributed by atoms with Gasteiger partial charge in [0.1, 0.15) is 5.25 Å². The molecule has 33 heavy (non-hydrogen) atoms. The number of nitrogens with one attached hydrogen (secondary N) is 1. The second kappa shape index (κ2) is 9.29. The Morgan fingerprint density at radius 2 is 1.91 bits per heavy atom. The first-order valence-corrected chi connectivity index (χ1v) is 10.8. The van der Waals surface area contributed by atoms with Gasteiger partial charge in [0.25, 0.3) is 11.1 Å². The molecule has 1 N–H and O–H groups in total. The minimum absolute atomic E-state index is 0.161. The van der Waals surface area contributed by atoms with E-state index >= 15 is 0 Å². The lowest BCUT2D eigenvalue weighted by Gasteiger charge is -2.12. The summed E-state index contributed by atoms with van der Waals surface area (Å²) in [6, 6.07) is 14.0. The zero-order chi connectivity index (χ0) is 23.5. The Bertz CT molecular complexity index is 1210. The summed E-state index contributed by atoms with van der Waals surface area (Å²) in [5, 5.41) is 6.52. The van der Waals surface area contributed by atoms with Crippen LogP contribution in [-0.4, -0.2) is 41.1 Å². The summed E-state index contributed by atoms with van der Waals surface area (Å²) < 4.78 is 10.7. The number of hydrogen-bond acceptors (Lipinski definition) is 8. The van der Waals surface area contributed by atoms with Crippen molar-refractivity contribution >= 4 is 52.3 Å². The summed E-state index contributed by atoms with van der Waals surface area (Å²) in [4.78, 5) is 48.0. The molecule has 0 radical (unpaired) electrons. The number of imide groups is 1. The zero-order valence-corrected chi connectivity index (χ0v) is 18.5. The number of benzene rings is 2. The molecule has 2 aliphatic heterocycles. The van der Waals surface area contributed by atoms with Gasteiger partial charge in [-0.25, -0.2) is 0 Å². The number of methoxy groups -OCH3 is 1. The minimum atomic E-state index is -0.816. The van der Waals surface area contributed by atoms with Crippen molar-refractivity contribution in [2.75, 3.05) is 12.1 Å². The van der Waals surface area contributed by atoms with E-state index < -0.39 is 22.4 Å². The molecule has 1 saturated heterocycles. The van der Waals surface area contributed by atoms with Crippen LogP contribution >= 0.6 is 11.8 Å². The van der Waals surface area contributed by atoms with Crippen LogP contribution in [0.5, 0.6) is 11.5 Å². The molecular weight excluding hydrogens is 446 g/mol. The number of nitrogens with zero attached hydrogens (tertiary/aromatic N) is 2. The third-order valence-electron chi connectivity index (χ3n) is 4.90. The van der Waals surface area contributed by atoms with Gasteiger partial charge in [0, 0.05) is 0 Å². The van der Waals surface area contributed by atoms with Gasteiger partial charge in [-0.2, -0.15) is 10.1 Å². The van der Waals surface area contributed by atoms with Crippen molar-refractivity contribution in [1.82, 2.24) is 5.32 Å². The molecule has 2 aliphatic rings. The maximum Gasteiger partial charge on any atom is 0.312 e. The summed E-state index contributed by atoms with van der Waals surface area (Å²) in [6.45, 7) is 1.75. The normalized spacial score (nSPS) is 19.0. The van der Waals surface area contributed by atoms with Crippen molar-refractivity contribution in [3.63, 3.8) is 0 Å². The van der Waals surface area contributed by atoms with E-state index in [0.29, 0.717) is 22.5 Å². The molecule has 1 unspecified atom stereocenters. The SMILES string of the molecule is COc1cc(C=C2C(=O)N(c3ccccc3)N=C2C)ccc1OC(=O)CC1SC(=O)NC1=O. The predicted molar refractivity (Wildman–Crippen MR) is 123 cm³/mol. The lowest BCUT2D eigenvalue weighted by Crippen LogP contribution is -2.27. The van der Waals surface area contributed by atoms with Gasteiger partial charge in [0.15, 0.2) is 11.5 Å². The molecule has 9 nitrogen and oxygen atoms in total. The van der Waals surface area contributed by atoms with Gasteiger partial charge in [-0.1, -0.05) is 36.0 Å². The lowest BCUT2D eigenvalue weighted by atomic mass is 10.1. The smallest absolute Gasteiger partial charge is 0.312 e. The number of ether oxygens (including phenoxy) is 2. The van der Waals surface area contributed by atoms with Crippen molar-refractivity contribution in [2.45, 2.75) is 18.6 Å². The van der Waals surface area contributed by atoms with Crippen LogP contribution < -0.4 is 19.8 Å². The molecule has 0 bridgehead atoms. The highest BCUT2D eigenvalue weighted by atomic mass is 32.2. The van der Waals surface area contributed by atoms with Gasteiger partial charge in [0.2, 0.25) is 5.91 Å². The fourth-order valence-corrected chi connectivity index (χ4v) is 4.10. The highest BCUT2D eigenvalue weighted by Crippen LogP contribution is 2.31. The van der Waals surface area contributed by atoms with Crippen LogP contribution in [0.4, 0.5) is 10.5 Å². The molecule has 2 heterocycles. The van der Waals surface area contributed by atoms with E-state index in [1.165, 1.54) is 18.2 Å². The number of para-hydroxylation sites is 1. The van der Waals surface area contributed by atoms with Crippen LogP contribution in [0, 0.1) is 0 Å². The van der Waals surface area contributed by atoms with Crippen LogP contribution in [-0.2, 0) is 14.4 Å². The van der Waals surface area contributed by atoms with E-state index in [4.69, 9.17) is 9.47 Å². The Labute approximate surface area is 193 Å². The van der Waals surface area contributed by atoms with Gasteiger partial charge >= 0.3 is 5.97 Å². The lowest BCUT2D eigenvalue weighted by molar-refractivity contribution is -0.136. The molecule has 0 aliphatic carbocycles. The number of carbonyl (C=O) groups excluding carboxylic acids is 4. The van der Waals surface area contributed by atoms with Gasteiger partial charge in [-0.05, 0) is 42.8 Å². The van der Waals surface area contributed by atoms with Crippen molar-refractivity contribution < 1.29 is 28.7 Å². The average Bonchev–Trinajstić information content (AvgIpc) is 3.26. The number of anilines is 1. The molecule has 10 heteroatoms. The van der Waals surface area contributed by atoms with Gasteiger partial charge < -0.3 is 9.47 Å². The first kappa shape index (κ1) is 22.3. The minimum Gasteiger partial charge on any atom is -0.493 e. The summed E-state index contributed by atoms with van der Waals surface area (Å²) in [7, 11) is 1.42. The molecule has 168 valence electrons. The quantitative estimate of drug-likeness (QED) is 0.396. The third-order valence-corrected chi connectivity index (χ3v) is 5.89. The van der Waals surface area contributed by atoms with Crippen LogP contribution in [0.2, 0.25) is 0 Å². The molecule has 2 aromatic carbocycles. The number of rotatable bonds is 6. The Morgan fingerprint density at radius 1 is 1.15 bits per heavy atom. The Balaban J connectivity index is 1.50. The molecule has 3 amide bonds. The molecule has 0 saturated carbocycles. The number of amides is 3. The molecule has 1 atom stereocenters. The van der Waals surface area contributed by atoms with Gasteiger partial charge in [-0.3, -0.25) is 24.5 Å². The third kappa shape index (κ3) is 4.80. The highest BCUT2D eigenvalue weighted by molar-refractivity contribution is 8.15. The average molecular weight is 465 g/mol. The topological polar surface area (TPSA) is 114 Å². The Hall–Kier alpha value is -3.92. The fraction of sp³-hybridized carbons (Fsp3) is 0.174. The largest absolute Gasteiger partial charge is 0.493 e. The van der Waals surface area contributed by atoms with E-state index in [1.54, 1.807) is 37.3 Å². The highest BCUT2D eigenvalue weighted by Gasteiger charge is 2.34.